The number of carbonyl (C=O) groups excluding carboxylic acids is 1. The van der Waals surface area contributed by atoms with Gasteiger partial charge in [-0.15, -0.1) is 0 Å². The van der Waals surface area contributed by atoms with Gasteiger partial charge >= 0.3 is 12.1 Å². The Morgan fingerprint density at radius 1 is 1.29 bits per heavy atom. The molecule has 1 atom stereocenters. The van der Waals surface area contributed by atoms with Crippen LogP contribution in [-0.4, -0.2) is 43.1 Å². The Hall–Kier alpha value is -2.09. The average molecular weight is 315 g/mol. The lowest BCUT2D eigenvalue weighted by molar-refractivity contribution is -0.136. The maximum Gasteiger partial charge on any atom is 0.407 e. The number of carbonyl (C=O) groups is 2. The number of aliphatic carboxylic acids is 1. The van der Waals surface area contributed by atoms with Crippen LogP contribution in [-0.2, 0) is 26.0 Å². The van der Waals surface area contributed by atoms with Crippen molar-refractivity contribution in [3.8, 4) is 0 Å². The molecule has 116 valence electrons. The molecule has 0 spiro atoms. The lowest BCUT2D eigenvalue weighted by Gasteiger charge is -2.10. The first-order chi connectivity index (χ1) is 9.83. The molecule has 1 rings (SSSR count). The highest BCUT2D eigenvalue weighted by Crippen LogP contribution is 2.02. The molecule has 7 nitrogen and oxygen atoms in total. The summed E-state index contributed by atoms with van der Waals surface area (Å²) in [4.78, 5) is 22.0. The van der Waals surface area contributed by atoms with Gasteiger partial charge in [0.05, 0.1) is 5.75 Å². The fourth-order valence-electron chi connectivity index (χ4n) is 1.40. The predicted octanol–water partition coefficient (Wildman–Crippen LogP) is 0.801. The van der Waals surface area contributed by atoms with Crippen molar-refractivity contribution in [1.82, 2.24) is 5.32 Å². The molecule has 0 aliphatic heterocycles. The second-order valence-corrected chi connectivity index (χ2v) is 6.78. The molecule has 0 aromatic heterocycles. The van der Waals surface area contributed by atoms with Crippen LogP contribution in [0.2, 0.25) is 0 Å². The molecule has 0 unspecified atom stereocenters. The van der Waals surface area contributed by atoms with Crippen LogP contribution in [0.15, 0.2) is 30.3 Å². The third-order valence-electron chi connectivity index (χ3n) is 2.76. The first kappa shape index (κ1) is 17.0. The van der Waals surface area contributed by atoms with Crippen molar-refractivity contribution in [2.45, 2.75) is 18.8 Å². The number of amides is 1. The zero-order chi connectivity index (χ0) is 15.9. The van der Waals surface area contributed by atoms with Crippen molar-refractivity contribution in [2.24, 2.45) is 0 Å². The average Bonchev–Trinajstić information content (AvgIpc) is 2.45. The topological polar surface area (TPSA) is 110 Å². The molecule has 0 heterocycles. The molecule has 1 aromatic carbocycles. The van der Waals surface area contributed by atoms with E-state index in [2.05, 4.69) is 5.32 Å². The van der Waals surface area contributed by atoms with Crippen molar-refractivity contribution < 1.29 is 27.9 Å². The minimum Gasteiger partial charge on any atom is -0.480 e. The second-order valence-electron chi connectivity index (χ2n) is 4.34. The minimum atomic E-state index is -3.79. The molecule has 8 heteroatoms. The Labute approximate surface area is 122 Å². The summed E-state index contributed by atoms with van der Waals surface area (Å²) in [6.07, 6.45) is -0.753. The van der Waals surface area contributed by atoms with Crippen LogP contribution < -0.4 is 5.32 Å². The van der Waals surface area contributed by atoms with Crippen molar-refractivity contribution in [1.29, 1.82) is 0 Å². The fraction of sp³-hybridized carbons (Fsp3) is 0.385. The number of benzene rings is 1. The predicted molar refractivity (Wildman–Crippen MR) is 75.5 cm³/mol. The van der Waals surface area contributed by atoms with Gasteiger partial charge in [-0.1, -0.05) is 30.3 Å². The van der Waals surface area contributed by atoms with Gasteiger partial charge in [-0.05, 0) is 12.5 Å². The molecule has 0 saturated heterocycles. The maximum absolute atomic E-state index is 11.6. The molecule has 0 radical (unpaired) electrons. The molecule has 1 amide bonds. The van der Waals surface area contributed by atoms with E-state index in [0.717, 1.165) is 12.5 Å². The van der Waals surface area contributed by atoms with Crippen LogP contribution in [0.4, 0.5) is 4.79 Å². The van der Waals surface area contributed by atoms with E-state index < -0.39 is 32.9 Å². The number of hydrogen-bond acceptors (Lipinski definition) is 5. The van der Waals surface area contributed by atoms with Crippen LogP contribution in [0.3, 0.4) is 0 Å². The van der Waals surface area contributed by atoms with E-state index in [9.17, 15) is 18.0 Å². The zero-order valence-corrected chi connectivity index (χ0v) is 12.3. The molecular formula is C13H17NO6S. The number of sulfone groups is 1. The molecular weight excluding hydrogens is 298 g/mol. The van der Waals surface area contributed by atoms with Gasteiger partial charge < -0.3 is 15.2 Å². The molecule has 0 aliphatic carbocycles. The number of hydrogen-bond donors (Lipinski definition) is 2. The SMILES string of the molecule is C[C@@H](C(=O)O)S(=O)(=O)CCNC(=O)OCc1ccccc1. The van der Waals surface area contributed by atoms with Gasteiger partial charge in [0.25, 0.3) is 0 Å². The number of alkyl carbamates (subject to hydrolysis) is 1. The quantitative estimate of drug-likeness (QED) is 0.770. The Kier molecular flexibility index (Phi) is 6.16. The van der Waals surface area contributed by atoms with Crippen molar-refractivity contribution in [3.63, 3.8) is 0 Å². The smallest absolute Gasteiger partial charge is 0.407 e. The van der Waals surface area contributed by atoms with Gasteiger partial charge in [0.2, 0.25) is 0 Å². The first-order valence-electron chi connectivity index (χ1n) is 6.22. The van der Waals surface area contributed by atoms with Crippen LogP contribution in [0, 0.1) is 0 Å². The molecule has 1 aromatic rings. The lowest BCUT2D eigenvalue weighted by Crippen LogP contribution is -2.35. The zero-order valence-electron chi connectivity index (χ0n) is 11.5. The normalized spacial score (nSPS) is 12.4. The van der Waals surface area contributed by atoms with E-state index in [1.165, 1.54) is 0 Å². The third kappa shape index (κ3) is 5.82. The Morgan fingerprint density at radius 2 is 1.90 bits per heavy atom. The lowest BCUT2D eigenvalue weighted by atomic mass is 10.2. The summed E-state index contributed by atoms with van der Waals surface area (Å²) in [6.45, 7) is 0.962. The number of ether oxygens (including phenoxy) is 1. The molecule has 0 aliphatic rings. The summed E-state index contributed by atoms with van der Waals surface area (Å²) in [6, 6.07) is 9.00. The summed E-state index contributed by atoms with van der Waals surface area (Å²) >= 11 is 0. The van der Waals surface area contributed by atoms with Gasteiger partial charge in [-0.2, -0.15) is 0 Å². The monoisotopic (exact) mass is 315 g/mol. The Balaban J connectivity index is 2.32. The molecule has 0 fully saturated rings. The number of carboxylic acids is 1. The summed E-state index contributed by atoms with van der Waals surface area (Å²) in [5.41, 5.74) is 0.805. The van der Waals surface area contributed by atoms with Crippen molar-refractivity contribution in [2.75, 3.05) is 12.3 Å². The van der Waals surface area contributed by atoms with Crippen LogP contribution in [0.5, 0.6) is 0 Å². The van der Waals surface area contributed by atoms with Gasteiger partial charge in [0, 0.05) is 6.54 Å². The third-order valence-corrected chi connectivity index (χ3v) is 4.81. The highest BCUT2D eigenvalue weighted by atomic mass is 32.2. The fourth-order valence-corrected chi connectivity index (χ4v) is 2.45. The molecule has 0 bridgehead atoms. The van der Waals surface area contributed by atoms with E-state index in [0.29, 0.717) is 0 Å². The van der Waals surface area contributed by atoms with Crippen molar-refractivity contribution >= 4 is 21.9 Å². The van der Waals surface area contributed by atoms with Gasteiger partial charge in [-0.25, -0.2) is 13.2 Å². The van der Waals surface area contributed by atoms with Crippen molar-refractivity contribution in [3.05, 3.63) is 35.9 Å². The Bertz CT molecular complexity index is 584. The van der Waals surface area contributed by atoms with E-state index >= 15 is 0 Å². The standard InChI is InChI=1S/C13H17NO6S/c1-10(12(15)16)21(18,19)8-7-14-13(17)20-9-11-5-3-2-4-6-11/h2-6,10H,7-9H2,1H3,(H,14,17)(H,15,16)/t10-/m0/s1. The summed E-state index contributed by atoms with van der Waals surface area (Å²) < 4.78 is 28.0. The second kappa shape index (κ2) is 7.63. The molecule has 21 heavy (non-hydrogen) atoms. The number of rotatable bonds is 7. The minimum absolute atomic E-state index is 0.0744. The van der Waals surface area contributed by atoms with Crippen LogP contribution in [0.1, 0.15) is 12.5 Å². The van der Waals surface area contributed by atoms with Crippen LogP contribution in [0.25, 0.3) is 0 Å². The van der Waals surface area contributed by atoms with E-state index in [1.807, 2.05) is 6.07 Å². The van der Waals surface area contributed by atoms with Crippen LogP contribution >= 0.6 is 0 Å². The van der Waals surface area contributed by atoms with E-state index in [1.54, 1.807) is 24.3 Å². The summed E-state index contributed by atoms with van der Waals surface area (Å²) in [5, 5.41) is 9.41. The Morgan fingerprint density at radius 3 is 2.48 bits per heavy atom. The summed E-state index contributed by atoms with van der Waals surface area (Å²) in [7, 11) is -3.79. The highest BCUT2D eigenvalue weighted by molar-refractivity contribution is 7.92. The molecule has 2 N–H and O–H groups in total. The van der Waals surface area contributed by atoms with Gasteiger partial charge in [-0.3, -0.25) is 4.79 Å². The number of nitrogens with one attached hydrogen (secondary N) is 1. The van der Waals surface area contributed by atoms with E-state index in [4.69, 9.17) is 9.84 Å². The summed E-state index contributed by atoms with van der Waals surface area (Å²) in [5.74, 6) is -1.87. The van der Waals surface area contributed by atoms with Gasteiger partial charge in [0.1, 0.15) is 6.61 Å². The first-order valence-corrected chi connectivity index (χ1v) is 7.93. The highest BCUT2D eigenvalue weighted by Gasteiger charge is 2.27. The van der Waals surface area contributed by atoms with Gasteiger partial charge in [0.15, 0.2) is 15.1 Å². The largest absolute Gasteiger partial charge is 0.480 e. The maximum atomic E-state index is 11.6. The molecule has 0 saturated carbocycles. The number of carboxylic acid groups (broad SMARTS) is 1. The van der Waals surface area contributed by atoms with E-state index in [-0.39, 0.29) is 13.2 Å².